The quantitative estimate of drug-likeness (QED) is 0.844. The maximum Gasteiger partial charge on any atom is 0.392 e. The van der Waals surface area contributed by atoms with Crippen molar-refractivity contribution in [1.82, 2.24) is 4.98 Å². The Hall–Kier alpha value is -1.30. The van der Waals surface area contributed by atoms with Gasteiger partial charge in [-0.2, -0.15) is 13.2 Å². The molecule has 0 aliphatic heterocycles. The molecule has 1 N–H and O–H groups in total. The van der Waals surface area contributed by atoms with Gasteiger partial charge in [-0.15, -0.1) is 0 Å². The summed E-state index contributed by atoms with van der Waals surface area (Å²) in [5.41, 5.74) is 0.548. The van der Waals surface area contributed by atoms with E-state index in [-0.39, 0.29) is 12.5 Å². The maximum atomic E-state index is 11.8. The number of hydrogen-bond donors (Lipinski definition) is 1. The first kappa shape index (κ1) is 11.8. The Bertz CT molecular complexity index is 314. The van der Waals surface area contributed by atoms with E-state index in [1.807, 2.05) is 0 Å². The molecule has 0 atom stereocenters. The van der Waals surface area contributed by atoms with Crippen LogP contribution < -0.4 is 4.74 Å². The lowest BCUT2D eigenvalue weighted by Gasteiger charge is -2.08. The highest BCUT2D eigenvalue weighted by Crippen LogP contribution is 2.19. The van der Waals surface area contributed by atoms with Gasteiger partial charge in [0.2, 0.25) is 5.88 Å². The minimum atomic E-state index is -4.23. The van der Waals surface area contributed by atoms with Crippen LogP contribution in [0.3, 0.4) is 0 Å². The molecule has 0 aliphatic rings. The van der Waals surface area contributed by atoms with Crippen molar-refractivity contribution in [3.05, 3.63) is 23.9 Å². The smallest absolute Gasteiger partial charge is 0.392 e. The predicted octanol–water partition coefficient (Wildman–Crippen LogP) is 1.91. The molecule has 0 spiro atoms. The fourth-order valence-corrected chi connectivity index (χ4v) is 0.899. The fraction of sp³-hybridized carbons (Fsp3) is 0.444. The number of nitrogens with zero attached hydrogens (tertiary/aromatic N) is 1. The first-order valence-corrected chi connectivity index (χ1v) is 4.26. The Morgan fingerprint density at radius 1 is 1.40 bits per heavy atom. The van der Waals surface area contributed by atoms with Crippen LogP contribution in [0.2, 0.25) is 0 Å². The number of aliphatic hydroxyl groups is 1. The largest absolute Gasteiger partial charge is 0.477 e. The Labute approximate surface area is 84.5 Å². The minimum absolute atomic E-state index is 0.0887. The molecule has 0 aliphatic carbocycles. The summed E-state index contributed by atoms with van der Waals surface area (Å²) in [6.45, 7) is -0.663. The van der Waals surface area contributed by atoms with Crippen molar-refractivity contribution in [2.75, 3.05) is 6.61 Å². The molecule has 0 amide bonds. The van der Waals surface area contributed by atoms with E-state index in [4.69, 9.17) is 9.84 Å². The molecule has 0 unspecified atom stereocenters. The van der Waals surface area contributed by atoms with Crippen LogP contribution in [-0.4, -0.2) is 22.9 Å². The van der Waals surface area contributed by atoms with Gasteiger partial charge in [-0.1, -0.05) is 0 Å². The summed E-state index contributed by atoms with van der Waals surface area (Å²) < 4.78 is 40.1. The highest BCUT2D eigenvalue weighted by Gasteiger charge is 2.26. The monoisotopic (exact) mass is 221 g/mol. The summed E-state index contributed by atoms with van der Waals surface area (Å²) in [5.74, 6) is 0.0887. The zero-order chi connectivity index (χ0) is 11.3. The summed E-state index contributed by atoms with van der Waals surface area (Å²) in [6, 6.07) is 2.95. The van der Waals surface area contributed by atoms with Crippen LogP contribution in [0.5, 0.6) is 5.88 Å². The van der Waals surface area contributed by atoms with Crippen molar-refractivity contribution >= 4 is 0 Å². The van der Waals surface area contributed by atoms with Gasteiger partial charge in [0.1, 0.15) is 0 Å². The van der Waals surface area contributed by atoms with Gasteiger partial charge in [0.05, 0.1) is 19.6 Å². The van der Waals surface area contributed by atoms with Gasteiger partial charge in [-0.05, 0) is 11.6 Å². The van der Waals surface area contributed by atoms with Crippen LogP contribution in [0.25, 0.3) is 0 Å². The molecule has 0 saturated heterocycles. The lowest BCUT2D eigenvalue weighted by Crippen LogP contribution is -2.13. The van der Waals surface area contributed by atoms with Crippen LogP contribution in [0, 0.1) is 0 Å². The average molecular weight is 221 g/mol. The van der Waals surface area contributed by atoms with Crippen LogP contribution in [0.15, 0.2) is 18.3 Å². The first-order valence-electron chi connectivity index (χ1n) is 4.26. The molecule has 6 heteroatoms. The Morgan fingerprint density at radius 3 is 2.73 bits per heavy atom. The van der Waals surface area contributed by atoms with E-state index in [0.29, 0.717) is 5.56 Å². The number of alkyl halides is 3. The second kappa shape index (κ2) is 4.97. The van der Waals surface area contributed by atoms with Crippen LogP contribution in [-0.2, 0) is 6.61 Å². The van der Waals surface area contributed by atoms with E-state index in [0.717, 1.165) is 0 Å². The van der Waals surface area contributed by atoms with Crippen molar-refractivity contribution in [2.45, 2.75) is 19.2 Å². The van der Waals surface area contributed by atoms with Crippen molar-refractivity contribution in [3.8, 4) is 5.88 Å². The fourth-order valence-electron chi connectivity index (χ4n) is 0.899. The van der Waals surface area contributed by atoms with E-state index >= 15 is 0 Å². The second-order valence-corrected chi connectivity index (χ2v) is 2.87. The molecule has 15 heavy (non-hydrogen) atoms. The Balaban J connectivity index is 2.44. The van der Waals surface area contributed by atoms with Gasteiger partial charge in [-0.3, -0.25) is 0 Å². The number of rotatable bonds is 4. The molecule has 0 saturated carbocycles. The minimum Gasteiger partial charge on any atom is -0.477 e. The molecule has 3 nitrogen and oxygen atoms in total. The summed E-state index contributed by atoms with van der Waals surface area (Å²) >= 11 is 0. The molecule has 1 aromatic rings. The zero-order valence-electron chi connectivity index (χ0n) is 7.79. The van der Waals surface area contributed by atoms with Crippen molar-refractivity contribution in [1.29, 1.82) is 0 Å². The van der Waals surface area contributed by atoms with E-state index in [9.17, 15) is 13.2 Å². The van der Waals surface area contributed by atoms with Crippen molar-refractivity contribution < 1.29 is 23.0 Å². The molecule has 0 bridgehead atoms. The highest BCUT2D eigenvalue weighted by atomic mass is 19.4. The zero-order valence-corrected chi connectivity index (χ0v) is 7.79. The van der Waals surface area contributed by atoms with Gasteiger partial charge in [0.25, 0.3) is 0 Å². The average Bonchev–Trinajstić information content (AvgIpc) is 2.16. The summed E-state index contributed by atoms with van der Waals surface area (Å²) in [5, 5.41) is 8.75. The van der Waals surface area contributed by atoms with Crippen LogP contribution >= 0.6 is 0 Å². The normalized spacial score (nSPS) is 11.5. The number of pyridine rings is 1. The third kappa shape index (κ3) is 4.64. The lowest BCUT2D eigenvalue weighted by molar-refractivity contribution is -0.139. The number of ether oxygens (including phenoxy) is 1. The highest BCUT2D eigenvalue weighted by molar-refractivity contribution is 5.19. The summed E-state index contributed by atoms with van der Waals surface area (Å²) in [7, 11) is 0. The van der Waals surface area contributed by atoms with Gasteiger partial charge in [0, 0.05) is 12.3 Å². The molecular formula is C9H10F3NO2. The van der Waals surface area contributed by atoms with Crippen LogP contribution in [0.1, 0.15) is 12.0 Å². The Kier molecular flexibility index (Phi) is 3.90. The molecule has 1 rings (SSSR count). The third-order valence-corrected chi connectivity index (χ3v) is 1.62. The van der Waals surface area contributed by atoms with E-state index in [1.54, 1.807) is 6.07 Å². The van der Waals surface area contributed by atoms with Crippen molar-refractivity contribution in [3.63, 3.8) is 0 Å². The SMILES string of the molecule is OCc1ccnc(OCCC(F)(F)F)c1. The maximum absolute atomic E-state index is 11.8. The van der Waals surface area contributed by atoms with E-state index in [1.165, 1.54) is 12.3 Å². The first-order chi connectivity index (χ1) is 7.01. The Morgan fingerprint density at radius 2 is 2.13 bits per heavy atom. The topological polar surface area (TPSA) is 42.4 Å². The predicted molar refractivity (Wildman–Crippen MR) is 46.3 cm³/mol. The van der Waals surface area contributed by atoms with Gasteiger partial charge >= 0.3 is 6.18 Å². The number of halogens is 3. The molecule has 0 radical (unpaired) electrons. The van der Waals surface area contributed by atoms with Crippen molar-refractivity contribution in [2.24, 2.45) is 0 Å². The summed E-state index contributed by atoms with van der Waals surface area (Å²) in [6.07, 6.45) is -3.87. The molecule has 0 fully saturated rings. The molecule has 1 heterocycles. The van der Waals surface area contributed by atoms with E-state index in [2.05, 4.69) is 4.98 Å². The van der Waals surface area contributed by atoms with Gasteiger partial charge < -0.3 is 9.84 Å². The molecule has 1 aromatic heterocycles. The van der Waals surface area contributed by atoms with Gasteiger partial charge in [0.15, 0.2) is 0 Å². The summed E-state index contributed by atoms with van der Waals surface area (Å²) in [4.78, 5) is 3.71. The lowest BCUT2D eigenvalue weighted by atomic mass is 10.3. The number of aliphatic hydroxyl groups excluding tert-OH is 1. The number of aromatic nitrogens is 1. The number of hydrogen-bond acceptors (Lipinski definition) is 3. The molecular weight excluding hydrogens is 211 g/mol. The third-order valence-electron chi connectivity index (χ3n) is 1.62. The molecule has 0 aromatic carbocycles. The standard InChI is InChI=1S/C9H10F3NO2/c10-9(11,12)2-4-15-8-5-7(6-14)1-3-13-8/h1,3,5,14H,2,4,6H2. The van der Waals surface area contributed by atoms with E-state index < -0.39 is 19.2 Å². The second-order valence-electron chi connectivity index (χ2n) is 2.87. The van der Waals surface area contributed by atoms with Crippen LogP contribution in [0.4, 0.5) is 13.2 Å². The molecule has 84 valence electrons. The van der Waals surface area contributed by atoms with Gasteiger partial charge in [-0.25, -0.2) is 4.98 Å².